The number of rotatable bonds is 4. The van der Waals surface area contributed by atoms with E-state index in [0.717, 1.165) is 16.7 Å². The third-order valence-corrected chi connectivity index (χ3v) is 3.82. The first-order valence-electron chi connectivity index (χ1n) is 6.57. The van der Waals surface area contributed by atoms with E-state index in [1.54, 1.807) is 0 Å². The molecule has 0 radical (unpaired) electrons. The molecule has 2 rings (SSSR count). The molecule has 0 bridgehead atoms. The van der Waals surface area contributed by atoms with E-state index in [1.165, 1.54) is 18.2 Å². The zero-order valence-electron chi connectivity index (χ0n) is 12.2. The Hall–Kier alpha value is -1.68. The molecule has 0 saturated carbocycles. The number of ether oxygens (including phenoxy) is 1. The van der Waals surface area contributed by atoms with E-state index in [9.17, 15) is 9.18 Å². The Morgan fingerprint density at radius 2 is 1.76 bits per heavy atom. The second-order valence-electron chi connectivity index (χ2n) is 5.06. The molecule has 21 heavy (non-hydrogen) atoms. The molecule has 0 amide bonds. The van der Waals surface area contributed by atoms with E-state index < -0.39 is 0 Å². The normalized spacial score (nSPS) is 10.5. The van der Waals surface area contributed by atoms with Gasteiger partial charge in [0.05, 0.1) is 4.47 Å². The Labute approximate surface area is 132 Å². The summed E-state index contributed by atoms with van der Waals surface area (Å²) < 4.78 is 18.9. The molecule has 0 aliphatic heterocycles. The van der Waals surface area contributed by atoms with Crippen molar-refractivity contribution in [3.8, 4) is 5.75 Å². The Morgan fingerprint density at radius 3 is 2.33 bits per heavy atom. The number of Topliss-reactive ketones (excluding diaryl/α,β-unsaturated/α-hetero) is 1. The van der Waals surface area contributed by atoms with Crippen LogP contribution in [0.3, 0.4) is 0 Å². The van der Waals surface area contributed by atoms with Gasteiger partial charge in [0.2, 0.25) is 5.78 Å². The maximum absolute atomic E-state index is 13.1. The molecular formula is C17H16BrFO2. The van der Waals surface area contributed by atoms with Crippen LogP contribution < -0.4 is 4.74 Å². The molecule has 0 heterocycles. The molecule has 4 heteroatoms. The number of halogens is 2. The van der Waals surface area contributed by atoms with Gasteiger partial charge in [0.25, 0.3) is 0 Å². The standard InChI is InChI=1S/C17H16BrFO2/c1-10-6-11(2)17(12(3)7-10)16(20)9-21-13-4-5-15(19)14(18)8-13/h4-8H,9H2,1-3H3. The highest BCUT2D eigenvalue weighted by Crippen LogP contribution is 2.22. The summed E-state index contributed by atoms with van der Waals surface area (Å²) in [6.45, 7) is 5.77. The Kier molecular flexibility index (Phi) is 4.78. The van der Waals surface area contributed by atoms with Gasteiger partial charge in [-0.1, -0.05) is 17.7 Å². The number of aryl methyl sites for hydroxylation is 3. The molecule has 0 N–H and O–H groups in total. The fourth-order valence-electron chi connectivity index (χ4n) is 2.41. The van der Waals surface area contributed by atoms with Crippen molar-refractivity contribution >= 4 is 21.7 Å². The third kappa shape index (κ3) is 3.70. The Bertz CT molecular complexity index is 672. The first-order valence-corrected chi connectivity index (χ1v) is 7.36. The summed E-state index contributed by atoms with van der Waals surface area (Å²) >= 11 is 3.09. The molecule has 2 aromatic carbocycles. The summed E-state index contributed by atoms with van der Waals surface area (Å²) in [5.74, 6) is 0.0170. The van der Waals surface area contributed by atoms with Crippen LogP contribution in [-0.4, -0.2) is 12.4 Å². The van der Waals surface area contributed by atoms with Gasteiger partial charge in [0.15, 0.2) is 6.61 Å². The van der Waals surface area contributed by atoms with Crippen LogP contribution >= 0.6 is 15.9 Å². The summed E-state index contributed by atoms with van der Waals surface area (Å²) in [6, 6.07) is 8.27. The van der Waals surface area contributed by atoms with Gasteiger partial charge in [-0.2, -0.15) is 0 Å². The molecule has 0 aliphatic carbocycles. The van der Waals surface area contributed by atoms with Gasteiger partial charge >= 0.3 is 0 Å². The van der Waals surface area contributed by atoms with Gasteiger partial charge < -0.3 is 4.74 Å². The average molecular weight is 351 g/mol. The van der Waals surface area contributed by atoms with Crippen LogP contribution in [0.2, 0.25) is 0 Å². The van der Waals surface area contributed by atoms with E-state index >= 15 is 0 Å². The van der Waals surface area contributed by atoms with Gasteiger partial charge in [-0.05, 0) is 66.0 Å². The van der Waals surface area contributed by atoms with E-state index in [4.69, 9.17) is 4.74 Å². The fourth-order valence-corrected chi connectivity index (χ4v) is 2.77. The molecule has 0 unspecified atom stereocenters. The zero-order chi connectivity index (χ0) is 15.6. The molecule has 0 atom stereocenters. The monoisotopic (exact) mass is 350 g/mol. The minimum Gasteiger partial charge on any atom is -0.485 e. The lowest BCUT2D eigenvalue weighted by Gasteiger charge is -2.11. The molecule has 110 valence electrons. The number of hydrogen-bond donors (Lipinski definition) is 0. The minimum atomic E-state index is -0.362. The van der Waals surface area contributed by atoms with Crippen LogP contribution in [0.4, 0.5) is 4.39 Å². The van der Waals surface area contributed by atoms with Gasteiger partial charge in [-0.15, -0.1) is 0 Å². The van der Waals surface area contributed by atoms with Crippen LogP contribution in [0, 0.1) is 26.6 Å². The third-order valence-electron chi connectivity index (χ3n) is 3.22. The largest absolute Gasteiger partial charge is 0.485 e. The summed E-state index contributed by atoms with van der Waals surface area (Å²) in [4.78, 5) is 12.3. The first-order chi connectivity index (χ1) is 9.88. The lowest BCUT2D eigenvalue weighted by atomic mass is 9.97. The summed E-state index contributed by atoms with van der Waals surface area (Å²) in [6.07, 6.45) is 0. The van der Waals surface area contributed by atoms with Crippen LogP contribution in [0.15, 0.2) is 34.8 Å². The lowest BCUT2D eigenvalue weighted by molar-refractivity contribution is 0.0920. The second kappa shape index (κ2) is 6.39. The molecule has 2 nitrogen and oxygen atoms in total. The topological polar surface area (TPSA) is 26.3 Å². The van der Waals surface area contributed by atoms with Crippen molar-refractivity contribution in [3.05, 3.63) is 62.9 Å². The van der Waals surface area contributed by atoms with Crippen molar-refractivity contribution in [2.75, 3.05) is 6.61 Å². The highest BCUT2D eigenvalue weighted by Gasteiger charge is 2.14. The first kappa shape index (κ1) is 15.7. The van der Waals surface area contributed by atoms with Crippen molar-refractivity contribution < 1.29 is 13.9 Å². The highest BCUT2D eigenvalue weighted by atomic mass is 79.9. The number of carbonyl (C=O) groups is 1. The number of ketones is 1. The molecule has 2 aromatic rings. The van der Waals surface area contributed by atoms with E-state index in [2.05, 4.69) is 15.9 Å². The van der Waals surface area contributed by atoms with Crippen molar-refractivity contribution in [2.45, 2.75) is 20.8 Å². The predicted octanol–water partition coefficient (Wildman–Crippen LogP) is 4.78. The van der Waals surface area contributed by atoms with Gasteiger partial charge in [-0.3, -0.25) is 4.79 Å². The second-order valence-corrected chi connectivity index (χ2v) is 5.92. The van der Waals surface area contributed by atoms with Crippen molar-refractivity contribution in [2.24, 2.45) is 0 Å². The van der Waals surface area contributed by atoms with Crippen LogP contribution in [0.5, 0.6) is 5.75 Å². The lowest BCUT2D eigenvalue weighted by Crippen LogP contribution is -2.14. The van der Waals surface area contributed by atoms with Crippen LogP contribution in [0.1, 0.15) is 27.0 Å². The van der Waals surface area contributed by atoms with Crippen molar-refractivity contribution in [3.63, 3.8) is 0 Å². The van der Waals surface area contributed by atoms with Gasteiger partial charge in [-0.25, -0.2) is 4.39 Å². The SMILES string of the molecule is Cc1cc(C)c(C(=O)COc2ccc(F)c(Br)c2)c(C)c1. The minimum absolute atomic E-state index is 0.0667. The number of carbonyl (C=O) groups excluding carboxylic acids is 1. The van der Waals surface area contributed by atoms with E-state index in [-0.39, 0.29) is 18.2 Å². The summed E-state index contributed by atoms with van der Waals surface area (Å²) in [7, 11) is 0. The van der Waals surface area contributed by atoms with Crippen molar-refractivity contribution in [1.82, 2.24) is 0 Å². The fraction of sp³-hybridized carbons (Fsp3) is 0.235. The molecular weight excluding hydrogens is 335 g/mol. The Balaban J connectivity index is 2.13. The average Bonchev–Trinajstić information content (AvgIpc) is 2.39. The Morgan fingerprint density at radius 1 is 1.14 bits per heavy atom. The number of hydrogen-bond acceptors (Lipinski definition) is 2. The number of benzene rings is 2. The molecule has 0 aliphatic rings. The smallest absolute Gasteiger partial charge is 0.200 e. The highest BCUT2D eigenvalue weighted by molar-refractivity contribution is 9.10. The van der Waals surface area contributed by atoms with Crippen LogP contribution in [0.25, 0.3) is 0 Å². The maximum atomic E-state index is 13.1. The molecule has 0 spiro atoms. The van der Waals surface area contributed by atoms with Crippen LogP contribution in [-0.2, 0) is 0 Å². The van der Waals surface area contributed by atoms with E-state index in [0.29, 0.717) is 15.8 Å². The van der Waals surface area contributed by atoms with Gasteiger partial charge in [0, 0.05) is 5.56 Å². The zero-order valence-corrected chi connectivity index (χ0v) is 13.8. The van der Waals surface area contributed by atoms with Gasteiger partial charge in [0.1, 0.15) is 11.6 Å². The summed E-state index contributed by atoms with van der Waals surface area (Å²) in [5.41, 5.74) is 3.72. The molecule has 0 aromatic heterocycles. The molecule has 0 fully saturated rings. The quantitative estimate of drug-likeness (QED) is 0.742. The summed E-state index contributed by atoms with van der Waals surface area (Å²) in [5, 5.41) is 0. The van der Waals surface area contributed by atoms with Crippen molar-refractivity contribution in [1.29, 1.82) is 0 Å². The molecule has 0 saturated heterocycles. The predicted molar refractivity (Wildman–Crippen MR) is 84.6 cm³/mol. The maximum Gasteiger partial charge on any atom is 0.200 e. The van der Waals surface area contributed by atoms with E-state index in [1.807, 2.05) is 32.9 Å².